The summed E-state index contributed by atoms with van der Waals surface area (Å²) in [5, 5.41) is 3.27. The zero-order valence-corrected chi connectivity index (χ0v) is 12.3. The lowest BCUT2D eigenvalue weighted by molar-refractivity contribution is 0.564. The lowest BCUT2D eigenvalue weighted by atomic mass is 9.96. The van der Waals surface area contributed by atoms with Gasteiger partial charge in [0.05, 0.1) is 0 Å². The average Bonchev–Trinajstić information content (AvgIpc) is 2.56. The molecule has 0 fully saturated rings. The van der Waals surface area contributed by atoms with Gasteiger partial charge in [-0.2, -0.15) is 0 Å². The molecule has 0 atom stereocenters. The average molecular weight is 307 g/mol. The highest BCUT2D eigenvalue weighted by molar-refractivity contribution is 6.37. The minimum Gasteiger partial charge on any atom is -0.422 e. The Morgan fingerprint density at radius 1 is 0.818 bits per heavy atom. The number of hydrogen-bond acceptors (Lipinski definition) is 2. The van der Waals surface area contributed by atoms with E-state index in [2.05, 4.69) is 0 Å². The first kappa shape index (κ1) is 13.1. The fourth-order valence-electron chi connectivity index (χ4n) is 2.79. The quantitative estimate of drug-likeness (QED) is 0.354. The van der Waals surface area contributed by atoms with Gasteiger partial charge in [0.15, 0.2) is 0 Å². The molecule has 0 bridgehead atoms. The fourth-order valence-corrected chi connectivity index (χ4v) is 3.01. The highest BCUT2D eigenvalue weighted by Crippen LogP contribution is 2.37. The maximum Gasteiger partial charge on any atom is 0.336 e. The molecule has 0 aliphatic heterocycles. The first-order chi connectivity index (χ1) is 10.7. The Hall–Kier alpha value is -2.58. The molecule has 1 aromatic heterocycles. The lowest BCUT2D eigenvalue weighted by Crippen LogP contribution is -1.95. The van der Waals surface area contributed by atoms with Gasteiger partial charge in [0, 0.05) is 27.2 Å². The second-order valence-corrected chi connectivity index (χ2v) is 5.53. The molecule has 106 valence electrons. The van der Waals surface area contributed by atoms with Crippen LogP contribution in [-0.4, -0.2) is 0 Å². The van der Waals surface area contributed by atoms with Crippen LogP contribution >= 0.6 is 11.6 Å². The summed E-state index contributed by atoms with van der Waals surface area (Å²) in [6.45, 7) is 0. The third kappa shape index (κ3) is 2.00. The van der Waals surface area contributed by atoms with Crippen LogP contribution in [0.25, 0.3) is 32.9 Å². The number of rotatable bonds is 1. The summed E-state index contributed by atoms with van der Waals surface area (Å²) in [5.41, 5.74) is 2.27. The normalized spacial score (nSPS) is 11.1. The third-order valence-electron chi connectivity index (χ3n) is 3.80. The minimum absolute atomic E-state index is 0.362. The Morgan fingerprint density at radius 2 is 1.59 bits per heavy atom. The van der Waals surface area contributed by atoms with Crippen LogP contribution in [0.15, 0.2) is 75.9 Å². The van der Waals surface area contributed by atoms with Crippen LogP contribution in [0.5, 0.6) is 0 Å². The van der Waals surface area contributed by atoms with Crippen molar-refractivity contribution in [3.8, 4) is 11.1 Å². The summed E-state index contributed by atoms with van der Waals surface area (Å²) < 4.78 is 5.48. The highest BCUT2D eigenvalue weighted by Gasteiger charge is 2.12. The summed E-state index contributed by atoms with van der Waals surface area (Å²) in [7, 11) is 0. The Labute approximate surface area is 131 Å². The Morgan fingerprint density at radius 3 is 2.41 bits per heavy atom. The summed E-state index contributed by atoms with van der Waals surface area (Å²) >= 11 is 6.34. The van der Waals surface area contributed by atoms with E-state index in [1.165, 1.54) is 6.07 Å². The van der Waals surface area contributed by atoms with Crippen LogP contribution in [0.1, 0.15) is 0 Å². The molecule has 0 saturated heterocycles. The largest absolute Gasteiger partial charge is 0.422 e. The smallest absolute Gasteiger partial charge is 0.336 e. The molecule has 3 heteroatoms. The van der Waals surface area contributed by atoms with E-state index >= 15 is 0 Å². The van der Waals surface area contributed by atoms with E-state index in [-0.39, 0.29) is 5.63 Å². The van der Waals surface area contributed by atoms with Crippen molar-refractivity contribution in [2.75, 3.05) is 0 Å². The van der Waals surface area contributed by atoms with E-state index in [0.29, 0.717) is 10.6 Å². The second-order valence-electron chi connectivity index (χ2n) is 5.12. The predicted octanol–water partition coefficient (Wildman–Crippen LogP) is 5.27. The first-order valence-corrected chi connectivity index (χ1v) is 7.32. The van der Waals surface area contributed by atoms with E-state index < -0.39 is 0 Å². The summed E-state index contributed by atoms with van der Waals surface area (Å²) in [4.78, 5) is 11.7. The fraction of sp³-hybridized carbons (Fsp3) is 0. The molecule has 3 aromatic carbocycles. The van der Waals surface area contributed by atoms with Gasteiger partial charge in [0.25, 0.3) is 0 Å². The van der Waals surface area contributed by atoms with Crippen molar-refractivity contribution in [2.45, 2.75) is 0 Å². The van der Waals surface area contributed by atoms with Crippen molar-refractivity contribution >= 4 is 33.3 Å². The van der Waals surface area contributed by atoms with Crippen LogP contribution in [0.4, 0.5) is 0 Å². The van der Waals surface area contributed by atoms with Crippen molar-refractivity contribution < 1.29 is 4.42 Å². The first-order valence-electron chi connectivity index (χ1n) is 6.94. The number of hydrogen-bond donors (Lipinski definition) is 0. The molecule has 2 nitrogen and oxygen atoms in total. The molecule has 0 amide bonds. The topological polar surface area (TPSA) is 30.2 Å². The molecular weight excluding hydrogens is 296 g/mol. The van der Waals surface area contributed by atoms with E-state index in [1.807, 2.05) is 54.6 Å². The molecule has 1 heterocycles. The van der Waals surface area contributed by atoms with Gasteiger partial charge in [0.2, 0.25) is 0 Å². The van der Waals surface area contributed by atoms with Gasteiger partial charge >= 0.3 is 5.63 Å². The van der Waals surface area contributed by atoms with Crippen LogP contribution in [0.3, 0.4) is 0 Å². The molecule has 0 aliphatic carbocycles. The standard InChI is InChI=1S/C19H11ClO2/c20-16-10-9-14(12-4-2-1-3-5-12)18-15(16)8-6-13-7-11-17(21)22-19(13)18/h1-11H. The van der Waals surface area contributed by atoms with Crippen molar-refractivity contribution in [3.63, 3.8) is 0 Å². The third-order valence-corrected chi connectivity index (χ3v) is 4.13. The van der Waals surface area contributed by atoms with E-state index in [1.54, 1.807) is 6.07 Å². The molecule has 0 spiro atoms. The molecule has 4 rings (SSSR count). The van der Waals surface area contributed by atoms with Gasteiger partial charge in [-0.3, -0.25) is 0 Å². The van der Waals surface area contributed by atoms with Gasteiger partial charge < -0.3 is 4.42 Å². The second kappa shape index (κ2) is 5.00. The monoisotopic (exact) mass is 306 g/mol. The molecule has 0 saturated carbocycles. The van der Waals surface area contributed by atoms with Gasteiger partial charge in [-0.05, 0) is 23.3 Å². The van der Waals surface area contributed by atoms with E-state index in [0.717, 1.165) is 27.3 Å². The number of halogens is 1. The van der Waals surface area contributed by atoms with Crippen LogP contribution < -0.4 is 5.63 Å². The number of benzene rings is 3. The zero-order valence-electron chi connectivity index (χ0n) is 11.5. The minimum atomic E-state index is -0.362. The van der Waals surface area contributed by atoms with Crippen LogP contribution in [0.2, 0.25) is 5.02 Å². The Balaban J connectivity index is 2.24. The predicted molar refractivity (Wildman–Crippen MR) is 90.4 cm³/mol. The molecule has 4 aromatic rings. The van der Waals surface area contributed by atoms with Gasteiger partial charge in [0.1, 0.15) is 5.58 Å². The van der Waals surface area contributed by atoms with Crippen LogP contribution in [-0.2, 0) is 0 Å². The van der Waals surface area contributed by atoms with Gasteiger partial charge in [-0.1, -0.05) is 60.1 Å². The summed E-state index contributed by atoms with van der Waals surface area (Å²) in [6.07, 6.45) is 0. The van der Waals surface area contributed by atoms with Gasteiger partial charge in [-0.25, -0.2) is 4.79 Å². The van der Waals surface area contributed by atoms with Crippen molar-refractivity contribution in [1.82, 2.24) is 0 Å². The summed E-state index contributed by atoms with van der Waals surface area (Å²) in [5.74, 6) is 0. The van der Waals surface area contributed by atoms with Gasteiger partial charge in [-0.15, -0.1) is 0 Å². The SMILES string of the molecule is O=c1ccc2ccc3c(Cl)ccc(-c4ccccc4)c3c2o1. The highest BCUT2D eigenvalue weighted by atomic mass is 35.5. The molecule has 0 radical (unpaired) electrons. The Kier molecular flexibility index (Phi) is 2.98. The van der Waals surface area contributed by atoms with E-state index in [4.69, 9.17) is 16.0 Å². The zero-order chi connectivity index (χ0) is 15.1. The van der Waals surface area contributed by atoms with Crippen molar-refractivity contribution in [2.24, 2.45) is 0 Å². The van der Waals surface area contributed by atoms with Crippen molar-refractivity contribution in [1.29, 1.82) is 0 Å². The molecule has 22 heavy (non-hydrogen) atoms. The summed E-state index contributed by atoms with van der Waals surface area (Å²) in [6, 6.07) is 20.9. The molecule has 0 N–H and O–H groups in total. The maximum absolute atomic E-state index is 11.7. The van der Waals surface area contributed by atoms with Crippen molar-refractivity contribution in [3.05, 3.63) is 82.2 Å². The molecular formula is C19H11ClO2. The lowest BCUT2D eigenvalue weighted by Gasteiger charge is -2.10. The molecule has 0 unspecified atom stereocenters. The molecule has 0 aliphatic rings. The number of fused-ring (bicyclic) bond motifs is 3. The Bertz CT molecular complexity index is 1050. The van der Waals surface area contributed by atoms with E-state index in [9.17, 15) is 4.79 Å². The maximum atomic E-state index is 11.7. The van der Waals surface area contributed by atoms with Crippen LogP contribution in [0, 0.1) is 0 Å².